The Kier molecular flexibility index (Phi) is 4.76. The number of aryl methyl sites for hydroxylation is 1. The van der Waals surface area contributed by atoms with E-state index in [1.54, 1.807) is 0 Å². The van der Waals surface area contributed by atoms with E-state index in [-0.39, 0.29) is 10.7 Å². The van der Waals surface area contributed by atoms with Gasteiger partial charge in [0.2, 0.25) is 5.91 Å². The van der Waals surface area contributed by atoms with Crippen LogP contribution in [0, 0.1) is 6.92 Å². The van der Waals surface area contributed by atoms with E-state index >= 15 is 0 Å². The molecule has 0 aliphatic carbocycles. The normalized spacial score (nSPS) is 20.3. The lowest BCUT2D eigenvalue weighted by molar-refractivity contribution is -0.132. The molecule has 0 aromatic heterocycles. The molecule has 3 nitrogen and oxygen atoms in total. The molecule has 1 amide bonds. The molecule has 1 aromatic carbocycles. The van der Waals surface area contributed by atoms with Gasteiger partial charge in [0.1, 0.15) is 6.04 Å². The number of hydrogen-bond acceptors (Lipinski definition) is 3. The minimum Gasteiger partial charge on any atom is -0.340 e. The van der Waals surface area contributed by atoms with Crippen molar-refractivity contribution in [3.8, 4) is 0 Å². The molecule has 2 rings (SSSR count). The SMILES string of the molecule is Cc1ccc(C(N)C(=O)N2CCSC(C)(C)CC2)cc1. The van der Waals surface area contributed by atoms with Crippen LogP contribution in [0.2, 0.25) is 0 Å². The van der Waals surface area contributed by atoms with E-state index in [4.69, 9.17) is 5.73 Å². The second kappa shape index (κ2) is 6.19. The Hall–Kier alpha value is -1.00. The van der Waals surface area contributed by atoms with Crippen molar-refractivity contribution in [1.82, 2.24) is 4.90 Å². The van der Waals surface area contributed by atoms with E-state index < -0.39 is 6.04 Å². The second-order valence-corrected chi connectivity index (χ2v) is 7.87. The number of carbonyl (C=O) groups excluding carboxylic acids is 1. The summed E-state index contributed by atoms with van der Waals surface area (Å²) in [4.78, 5) is 14.5. The maximum absolute atomic E-state index is 12.5. The molecule has 0 bridgehead atoms. The van der Waals surface area contributed by atoms with Gasteiger partial charge in [-0.25, -0.2) is 0 Å². The first kappa shape index (κ1) is 15.4. The lowest BCUT2D eigenvalue weighted by Crippen LogP contribution is -2.40. The fraction of sp³-hybridized carbons (Fsp3) is 0.562. The molecule has 1 heterocycles. The van der Waals surface area contributed by atoms with Gasteiger partial charge in [-0.05, 0) is 18.9 Å². The number of rotatable bonds is 2. The number of carbonyl (C=O) groups is 1. The van der Waals surface area contributed by atoms with Crippen molar-refractivity contribution in [3.63, 3.8) is 0 Å². The molecular weight excluding hydrogens is 268 g/mol. The zero-order valence-corrected chi connectivity index (χ0v) is 13.4. The average Bonchev–Trinajstić information content (AvgIpc) is 2.59. The van der Waals surface area contributed by atoms with Crippen molar-refractivity contribution >= 4 is 17.7 Å². The predicted molar refractivity (Wildman–Crippen MR) is 85.8 cm³/mol. The Morgan fingerprint density at radius 2 is 1.95 bits per heavy atom. The van der Waals surface area contributed by atoms with Crippen LogP contribution in [0.15, 0.2) is 24.3 Å². The molecule has 1 fully saturated rings. The number of amides is 1. The van der Waals surface area contributed by atoms with Crippen molar-refractivity contribution in [3.05, 3.63) is 35.4 Å². The Bertz CT molecular complexity index is 470. The molecule has 4 heteroatoms. The number of benzene rings is 1. The number of hydrogen-bond donors (Lipinski definition) is 1. The number of thioether (sulfide) groups is 1. The molecule has 20 heavy (non-hydrogen) atoms. The molecule has 0 spiro atoms. The molecule has 110 valence electrons. The van der Waals surface area contributed by atoms with E-state index in [1.165, 1.54) is 5.56 Å². The molecule has 1 aromatic rings. The number of nitrogens with zero attached hydrogens (tertiary/aromatic N) is 1. The third-order valence-corrected chi connectivity index (χ3v) is 5.22. The summed E-state index contributed by atoms with van der Waals surface area (Å²) in [6, 6.07) is 7.37. The summed E-state index contributed by atoms with van der Waals surface area (Å²) in [5.74, 6) is 1.03. The topological polar surface area (TPSA) is 46.3 Å². The fourth-order valence-corrected chi connectivity index (χ4v) is 3.45. The van der Waals surface area contributed by atoms with Gasteiger partial charge < -0.3 is 10.6 Å². The molecule has 1 atom stereocenters. The van der Waals surface area contributed by atoms with Crippen LogP contribution in [-0.4, -0.2) is 34.4 Å². The van der Waals surface area contributed by atoms with Gasteiger partial charge in [-0.1, -0.05) is 43.7 Å². The molecule has 1 aliphatic heterocycles. The summed E-state index contributed by atoms with van der Waals surface area (Å²) in [6.07, 6.45) is 1.02. The van der Waals surface area contributed by atoms with Gasteiger partial charge in [-0.2, -0.15) is 11.8 Å². The van der Waals surface area contributed by atoms with Gasteiger partial charge in [0.15, 0.2) is 0 Å². The van der Waals surface area contributed by atoms with Crippen LogP contribution in [0.3, 0.4) is 0 Å². The Labute approximate surface area is 125 Å². The molecule has 1 unspecified atom stereocenters. The lowest BCUT2D eigenvalue weighted by Gasteiger charge is -2.25. The summed E-state index contributed by atoms with van der Waals surface area (Å²) >= 11 is 1.94. The van der Waals surface area contributed by atoms with Crippen LogP contribution in [0.25, 0.3) is 0 Å². The third kappa shape index (κ3) is 3.76. The molecule has 1 aliphatic rings. The fourth-order valence-electron chi connectivity index (χ4n) is 2.35. The van der Waals surface area contributed by atoms with E-state index in [1.807, 2.05) is 47.9 Å². The van der Waals surface area contributed by atoms with Gasteiger partial charge in [-0.15, -0.1) is 0 Å². The third-order valence-electron chi connectivity index (χ3n) is 3.85. The van der Waals surface area contributed by atoms with Gasteiger partial charge in [-0.3, -0.25) is 4.79 Å². The van der Waals surface area contributed by atoms with Crippen LogP contribution < -0.4 is 5.73 Å². The Morgan fingerprint density at radius 1 is 1.30 bits per heavy atom. The van der Waals surface area contributed by atoms with E-state index in [0.717, 1.165) is 30.8 Å². The van der Waals surface area contributed by atoms with Crippen LogP contribution in [0.1, 0.15) is 37.4 Å². The van der Waals surface area contributed by atoms with Gasteiger partial charge >= 0.3 is 0 Å². The van der Waals surface area contributed by atoms with Crippen LogP contribution in [0.5, 0.6) is 0 Å². The van der Waals surface area contributed by atoms with Crippen LogP contribution >= 0.6 is 11.8 Å². The van der Waals surface area contributed by atoms with E-state index in [9.17, 15) is 4.79 Å². The van der Waals surface area contributed by atoms with E-state index in [2.05, 4.69) is 13.8 Å². The van der Waals surface area contributed by atoms with Crippen molar-refractivity contribution in [1.29, 1.82) is 0 Å². The van der Waals surface area contributed by atoms with Gasteiger partial charge in [0.05, 0.1) is 0 Å². The quantitative estimate of drug-likeness (QED) is 0.911. The standard InChI is InChI=1S/C16H24N2OS/c1-12-4-6-13(7-5-12)14(17)15(19)18-9-8-16(2,3)20-11-10-18/h4-7,14H,8-11,17H2,1-3H3. The summed E-state index contributed by atoms with van der Waals surface area (Å²) in [6.45, 7) is 8.12. The van der Waals surface area contributed by atoms with Gasteiger partial charge in [0, 0.05) is 23.6 Å². The first-order valence-electron chi connectivity index (χ1n) is 7.14. The second-order valence-electron chi connectivity index (χ2n) is 6.07. The Balaban J connectivity index is 2.05. The molecule has 1 saturated heterocycles. The minimum absolute atomic E-state index is 0.0483. The highest BCUT2D eigenvalue weighted by Crippen LogP contribution is 2.31. The highest BCUT2D eigenvalue weighted by molar-refractivity contribution is 8.00. The highest BCUT2D eigenvalue weighted by Gasteiger charge is 2.28. The van der Waals surface area contributed by atoms with Crippen molar-refractivity contribution in [2.75, 3.05) is 18.8 Å². The first-order chi connectivity index (χ1) is 9.39. The summed E-state index contributed by atoms with van der Waals surface area (Å²) in [7, 11) is 0. The average molecular weight is 292 g/mol. The van der Waals surface area contributed by atoms with Crippen molar-refractivity contribution in [2.45, 2.75) is 38.0 Å². The molecule has 0 radical (unpaired) electrons. The van der Waals surface area contributed by atoms with Crippen molar-refractivity contribution in [2.24, 2.45) is 5.73 Å². The van der Waals surface area contributed by atoms with Crippen LogP contribution in [-0.2, 0) is 4.79 Å². The number of nitrogens with two attached hydrogens (primary N) is 1. The van der Waals surface area contributed by atoms with Gasteiger partial charge in [0.25, 0.3) is 0 Å². The monoisotopic (exact) mass is 292 g/mol. The lowest BCUT2D eigenvalue weighted by atomic mass is 10.0. The maximum atomic E-state index is 12.5. The zero-order chi connectivity index (χ0) is 14.8. The summed E-state index contributed by atoms with van der Waals surface area (Å²) < 4.78 is 0.253. The van der Waals surface area contributed by atoms with E-state index in [0.29, 0.717) is 0 Å². The maximum Gasteiger partial charge on any atom is 0.244 e. The zero-order valence-electron chi connectivity index (χ0n) is 12.6. The summed E-state index contributed by atoms with van der Waals surface area (Å²) in [5, 5.41) is 0. The predicted octanol–water partition coefficient (Wildman–Crippen LogP) is 2.74. The molecule has 0 saturated carbocycles. The minimum atomic E-state index is -0.540. The Morgan fingerprint density at radius 3 is 2.60 bits per heavy atom. The first-order valence-corrected chi connectivity index (χ1v) is 8.12. The van der Waals surface area contributed by atoms with Crippen molar-refractivity contribution < 1.29 is 4.79 Å². The highest BCUT2D eigenvalue weighted by atomic mass is 32.2. The molecular formula is C16H24N2OS. The largest absolute Gasteiger partial charge is 0.340 e. The summed E-state index contributed by atoms with van der Waals surface area (Å²) in [5.41, 5.74) is 8.22. The van der Waals surface area contributed by atoms with Crippen LogP contribution in [0.4, 0.5) is 0 Å². The smallest absolute Gasteiger partial charge is 0.244 e. The molecule has 2 N–H and O–H groups in total.